The molecule has 1 N–H and O–H groups in total. The van der Waals surface area contributed by atoms with E-state index in [1.54, 1.807) is 17.7 Å². The smallest absolute Gasteiger partial charge is 0.138 e. The van der Waals surface area contributed by atoms with E-state index in [0.717, 1.165) is 61.8 Å². The summed E-state index contributed by atoms with van der Waals surface area (Å²) in [6.07, 6.45) is 2.76. The molecule has 136 valence electrons. The number of morpholine rings is 1. The quantitative estimate of drug-likeness (QED) is 0.671. The number of aryl methyl sites for hydroxylation is 1. The Labute approximate surface area is 158 Å². The molecule has 1 aliphatic rings. The van der Waals surface area contributed by atoms with Gasteiger partial charge in [0.2, 0.25) is 0 Å². The van der Waals surface area contributed by atoms with E-state index in [9.17, 15) is 0 Å². The number of aromatic nitrogens is 2. The summed E-state index contributed by atoms with van der Waals surface area (Å²) in [5.74, 6) is 0.945. The van der Waals surface area contributed by atoms with Gasteiger partial charge in [0.1, 0.15) is 17.0 Å². The summed E-state index contributed by atoms with van der Waals surface area (Å²) in [6, 6.07) is 10.5. The molecule has 0 radical (unpaired) electrons. The molecule has 1 aromatic carbocycles. The minimum atomic E-state index is 0.856. The molecule has 2 aromatic heterocycles. The minimum absolute atomic E-state index is 0.856. The molecule has 0 aliphatic carbocycles. The lowest BCUT2D eigenvalue weighted by atomic mass is 10.0. The Morgan fingerprint density at radius 1 is 1.15 bits per heavy atom. The van der Waals surface area contributed by atoms with Gasteiger partial charge in [0.15, 0.2) is 0 Å². The van der Waals surface area contributed by atoms with Gasteiger partial charge in [-0.25, -0.2) is 9.97 Å². The van der Waals surface area contributed by atoms with Crippen LogP contribution in [0.3, 0.4) is 0 Å². The molecule has 0 saturated carbocycles. The maximum absolute atomic E-state index is 5.41. The molecule has 1 aliphatic heterocycles. The van der Waals surface area contributed by atoms with Gasteiger partial charge >= 0.3 is 0 Å². The highest BCUT2D eigenvalue weighted by Gasteiger charge is 2.16. The van der Waals surface area contributed by atoms with Crippen molar-refractivity contribution >= 4 is 27.4 Å². The third kappa shape index (κ3) is 3.72. The molecule has 6 heteroatoms. The first-order chi connectivity index (χ1) is 12.8. The second kappa shape index (κ2) is 8.12. The molecule has 3 aromatic rings. The number of nitrogens with zero attached hydrogens (tertiary/aromatic N) is 3. The number of fused-ring (bicyclic) bond motifs is 1. The summed E-state index contributed by atoms with van der Waals surface area (Å²) in [5, 5.41) is 4.69. The Kier molecular flexibility index (Phi) is 5.43. The second-order valence-corrected chi connectivity index (χ2v) is 7.74. The Bertz CT molecular complexity index is 859. The van der Waals surface area contributed by atoms with E-state index in [0.29, 0.717) is 0 Å². The standard InChI is InChI=1S/C20H24N4OS/c1-15-17(16-6-3-2-4-7-16)18-19(22-14-23-20(18)26-15)21-8-5-9-24-10-12-25-13-11-24/h2-4,6-7,14H,5,8-13H2,1H3,(H,21,22,23). The van der Waals surface area contributed by atoms with E-state index in [-0.39, 0.29) is 0 Å². The Morgan fingerprint density at radius 3 is 2.77 bits per heavy atom. The maximum Gasteiger partial charge on any atom is 0.138 e. The van der Waals surface area contributed by atoms with Crippen LogP contribution in [0, 0.1) is 6.92 Å². The highest BCUT2D eigenvalue weighted by molar-refractivity contribution is 7.19. The molecular weight excluding hydrogens is 344 g/mol. The second-order valence-electron chi connectivity index (χ2n) is 6.54. The number of rotatable bonds is 6. The lowest BCUT2D eigenvalue weighted by Gasteiger charge is -2.26. The Morgan fingerprint density at radius 2 is 1.96 bits per heavy atom. The molecule has 3 heterocycles. The monoisotopic (exact) mass is 368 g/mol. The van der Waals surface area contributed by atoms with Crippen LogP contribution < -0.4 is 5.32 Å². The first kappa shape index (κ1) is 17.4. The SMILES string of the molecule is Cc1sc2ncnc(NCCCN3CCOCC3)c2c1-c1ccccc1. The normalized spacial score (nSPS) is 15.4. The molecular formula is C20H24N4OS. The van der Waals surface area contributed by atoms with E-state index in [1.807, 2.05) is 0 Å². The van der Waals surface area contributed by atoms with Crippen molar-refractivity contribution in [3.8, 4) is 11.1 Å². The molecule has 26 heavy (non-hydrogen) atoms. The average Bonchev–Trinajstić information content (AvgIpc) is 3.03. The van der Waals surface area contributed by atoms with Crippen LogP contribution in [-0.4, -0.2) is 54.3 Å². The van der Waals surface area contributed by atoms with Gasteiger partial charge in [0.25, 0.3) is 0 Å². The van der Waals surface area contributed by atoms with Crippen molar-refractivity contribution in [1.82, 2.24) is 14.9 Å². The van der Waals surface area contributed by atoms with Crippen LogP contribution in [0.5, 0.6) is 0 Å². The van der Waals surface area contributed by atoms with Gasteiger partial charge in [-0.3, -0.25) is 4.90 Å². The fourth-order valence-electron chi connectivity index (χ4n) is 3.46. The topological polar surface area (TPSA) is 50.3 Å². The number of thiophene rings is 1. The molecule has 0 amide bonds. The van der Waals surface area contributed by atoms with E-state index in [2.05, 4.69) is 57.4 Å². The average molecular weight is 369 g/mol. The number of hydrogen-bond acceptors (Lipinski definition) is 6. The van der Waals surface area contributed by atoms with E-state index in [4.69, 9.17) is 4.74 Å². The molecule has 5 nitrogen and oxygen atoms in total. The van der Waals surface area contributed by atoms with Crippen molar-refractivity contribution in [3.63, 3.8) is 0 Å². The van der Waals surface area contributed by atoms with Crippen LogP contribution in [0.15, 0.2) is 36.7 Å². The molecule has 4 rings (SSSR count). The van der Waals surface area contributed by atoms with E-state index in [1.165, 1.54) is 16.0 Å². The van der Waals surface area contributed by atoms with Gasteiger partial charge < -0.3 is 10.1 Å². The van der Waals surface area contributed by atoms with Gasteiger partial charge in [0, 0.05) is 30.1 Å². The van der Waals surface area contributed by atoms with Crippen LogP contribution >= 0.6 is 11.3 Å². The predicted molar refractivity (Wildman–Crippen MR) is 108 cm³/mol. The number of ether oxygens (including phenoxy) is 1. The fourth-order valence-corrected chi connectivity index (χ4v) is 4.48. The van der Waals surface area contributed by atoms with Gasteiger partial charge in [-0.1, -0.05) is 30.3 Å². The minimum Gasteiger partial charge on any atom is -0.379 e. The third-order valence-electron chi connectivity index (χ3n) is 4.77. The third-order valence-corrected chi connectivity index (χ3v) is 5.79. The highest BCUT2D eigenvalue weighted by atomic mass is 32.1. The van der Waals surface area contributed by atoms with Gasteiger partial charge in [0.05, 0.1) is 18.6 Å². The van der Waals surface area contributed by atoms with Crippen molar-refractivity contribution < 1.29 is 4.74 Å². The molecule has 1 saturated heterocycles. The van der Waals surface area contributed by atoms with Crippen molar-refractivity contribution in [2.75, 3.05) is 44.7 Å². The lowest BCUT2D eigenvalue weighted by molar-refractivity contribution is 0.0378. The van der Waals surface area contributed by atoms with Crippen molar-refractivity contribution in [2.24, 2.45) is 0 Å². The molecule has 0 atom stereocenters. The van der Waals surface area contributed by atoms with E-state index < -0.39 is 0 Å². The van der Waals surface area contributed by atoms with Crippen LogP contribution in [-0.2, 0) is 4.74 Å². The van der Waals surface area contributed by atoms with Crippen LogP contribution in [0.25, 0.3) is 21.3 Å². The van der Waals surface area contributed by atoms with Gasteiger partial charge in [-0.05, 0) is 25.5 Å². The lowest BCUT2D eigenvalue weighted by Crippen LogP contribution is -2.37. The summed E-state index contributed by atoms with van der Waals surface area (Å²) >= 11 is 1.74. The highest BCUT2D eigenvalue weighted by Crippen LogP contribution is 2.40. The van der Waals surface area contributed by atoms with E-state index >= 15 is 0 Å². The summed E-state index contributed by atoms with van der Waals surface area (Å²) in [6.45, 7) is 7.96. The van der Waals surface area contributed by atoms with Crippen molar-refractivity contribution in [3.05, 3.63) is 41.5 Å². The maximum atomic E-state index is 5.41. The van der Waals surface area contributed by atoms with Crippen molar-refractivity contribution in [1.29, 1.82) is 0 Å². The fraction of sp³-hybridized carbons (Fsp3) is 0.400. The summed E-state index contributed by atoms with van der Waals surface area (Å²) in [5.41, 5.74) is 2.48. The summed E-state index contributed by atoms with van der Waals surface area (Å²) in [4.78, 5) is 13.8. The van der Waals surface area contributed by atoms with Crippen LogP contribution in [0.2, 0.25) is 0 Å². The zero-order valence-corrected chi connectivity index (χ0v) is 15.9. The van der Waals surface area contributed by atoms with Gasteiger partial charge in [-0.2, -0.15) is 0 Å². The summed E-state index contributed by atoms with van der Waals surface area (Å²) < 4.78 is 5.41. The van der Waals surface area contributed by atoms with Crippen LogP contribution in [0.1, 0.15) is 11.3 Å². The Hall–Kier alpha value is -2.02. The zero-order chi connectivity index (χ0) is 17.8. The molecule has 0 spiro atoms. The number of anilines is 1. The largest absolute Gasteiger partial charge is 0.379 e. The molecule has 0 unspecified atom stereocenters. The first-order valence-electron chi connectivity index (χ1n) is 9.16. The number of benzene rings is 1. The predicted octanol–water partition coefficient (Wildman–Crippen LogP) is 3.80. The Balaban J connectivity index is 1.52. The number of nitrogens with one attached hydrogen (secondary N) is 1. The van der Waals surface area contributed by atoms with Crippen LogP contribution in [0.4, 0.5) is 5.82 Å². The molecule has 1 fully saturated rings. The van der Waals surface area contributed by atoms with Gasteiger partial charge in [-0.15, -0.1) is 11.3 Å². The number of hydrogen-bond donors (Lipinski definition) is 1. The summed E-state index contributed by atoms with van der Waals surface area (Å²) in [7, 11) is 0. The zero-order valence-electron chi connectivity index (χ0n) is 15.1. The van der Waals surface area contributed by atoms with Crippen molar-refractivity contribution in [2.45, 2.75) is 13.3 Å². The first-order valence-corrected chi connectivity index (χ1v) is 9.98. The molecule has 0 bridgehead atoms.